The summed E-state index contributed by atoms with van der Waals surface area (Å²) in [5, 5.41) is 27.9. The highest BCUT2D eigenvalue weighted by Crippen LogP contribution is 2.50. The van der Waals surface area contributed by atoms with Crippen LogP contribution in [0.3, 0.4) is 0 Å². The number of hydrogen-bond donors (Lipinski definition) is 0. The van der Waals surface area contributed by atoms with Crippen LogP contribution >= 0.6 is 0 Å². The molecule has 0 aliphatic heterocycles. The minimum Gasteiger partial charge on any atom is -0.309 e. The molecule has 0 aliphatic rings. The molecule has 0 aliphatic carbocycles. The van der Waals surface area contributed by atoms with Gasteiger partial charge in [-0.3, -0.25) is 0 Å². The fourth-order valence-electron chi connectivity index (χ4n) is 11.1. The summed E-state index contributed by atoms with van der Waals surface area (Å²) in [6, 6.07) is 80.0. The summed E-state index contributed by atoms with van der Waals surface area (Å²) < 4.78 is 4.52. The predicted molar refractivity (Wildman–Crippen MR) is 294 cm³/mol. The number of nitrogens with zero attached hydrogens (tertiary/aromatic N) is 6. The van der Waals surface area contributed by atoms with Crippen LogP contribution < -0.4 is 0 Å². The number of aromatic nitrogens is 2. The maximum absolute atomic E-state index is 10.0. The molecule has 330 valence electrons. The summed E-state index contributed by atoms with van der Waals surface area (Å²) in [7, 11) is 0. The molecule has 6 nitrogen and oxygen atoms in total. The lowest BCUT2D eigenvalue weighted by atomic mass is 9.82. The van der Waals surface area contributed by atoms with Gasteiger partial charge >= 0.3 is 0 Å². The molecule has 0 amide bonds. The molecule has 0 saturated carbocycles. The zero-order valence-electron chi connectivity index (χ0n) is 38.5. The van der Waals surface area contributed by atoms with Crippen LogP contribution in [0.4, 0.5) is 11.4 Å². The third kappa shape index (κ3) is 6.46. The van der Waals surface area contributed by atoms with Crippen LogP contribution in [0.2, 0.25) is 0 Å². The third-order valence-electron chi connectivity index (χ3n) is 14.2. The molecule has 0 N–H and O–H groups in total. The molecule has 0 saturated heterocycles. The van der Waals surface area contributed by atoms with Crippen molar-refractivity contribution in [1.29, 1.82) is 10.5 Å². The molecule has 6 heteroatoms. The van der Waals surface area contributed by atoms with E-state index in [2.05, 4.69) is 164 Å². The Bertz CT molecular complexity index is 4170. The minimum atomic E-state index is 0.538. The Balaban J connectivity index is 1.20. The van der Waals surface area contributed by atoms with Gasteiger partial charge in [0.1, 0.15) is 0 Å². The second kappa shape index (κ2) is 16.6. The zero-order chi connectivity index (χ0) is 48.5. The molecule has 13 aromatic rings. The first-order chi connectivity index (χ1) is 35.5. The Kier molecular flexibility index (Phi) is 9.62. The average Bonchev–Trinajstić information content (AvgIpc) is 3.95. The van der Waals surface area contributed by atoms with Gasteiger partial charge in [-0.05, 0) is 162 Å². The van der Waals surface area contributed by atoms with Crippen molar-refractivity contribution in [1.82, 2.24) is 9.13 Å². The van der Waals surface area contributed by atoms with E-state index >= 15 is 0 Å². The number of rotatable bonds is 6. The maximum Gasteiger partial charge on any atom is 0.188 e. The molecule has 72 heavy (non-hydrogen) atoms. The molecule has 0 bridgehead atoms. The van der Waals surface area contributed by atoms with E-state index in [1.54, 1.807) is 0 Å². The fraction of sp³-hybridized carbons (Fsp3) is 0. The van der Waals surface area contributed by atoms with Gasteiger partial charge in [-0.25, -0.2) is 9.69 Å². The largest absolute Gasteiger partial charge is 0.309 e. The molecule has 0 unspecified atom stereocenters. The Labute approximate surface area is 414 Å². The first-order valence-electron chi connectivity index (χ1n) is 23.6. The van der Waals surface area contributed by atoms with Gasteiger partial charge in [-0.1, -0.05) is 133 Å². The minimum absolute atomic E-state index is 0.538. The van der Waals surface area contributed by atoms with E-state index in [9.17, 15) is 10.5 Å². The van der Waals surface area contributed by atoms with Crippen molar-refractivity contribution >= 4 is 76.5 Å². The highest BCUT2D eigenvalue weighted by Gasteiger charge is 2.24. The summed E-state index contributed by atoms with van der Waals surface area (Å²) in [6.45, 7) is 15.8. The van der Waals surface area contributed by atoms with E-state index < -0.39 is 0 Å². The predicted octanol–water partition coefficient (Wildman–Crippen LogP) is 17.7. The third-order valence-corrected chi connectivity index (χ3v) is 14.2. The Morgan fingerprint density at radius 2 is 0.681 bits per heavy atom. The Hall–Kier alpha value is -10.5. The van der Waals surface area contributed by atoms with Gasteiger partial charge in [0.15, 0.2) is 11.4 Å². The van der Waals surface area contributed by atoms with Crippen LogP contribution in [0.1, 0.15) is 11.1 Å². The quantitative estimate of drug-likeness (QED) is 0.123. The van der Waals surface area contributed by atoms with E-state index in [4.69, 9.17) is 13.1 Å². The van der Waals surface area contributed by atoms with E-state index in [0.29, 0.717) is 22.5 Å². The molecule has 2 heterocycles. The van der Waals surface area contributed by atoms with Gasteiger partial charge in [0, 0.05) is 22.1 Å². The first kappa shape index (κ1) is 41.7. The fourth-order valence-corrected chi connectivity index (χ4v) is 11.1. The number of hydrogen-bond acceptors (Lipinski definition) is 2. The van der Waals surface area contributed by atoms with Crippen molar-refractivity contribution in [3.8, 4) is 68.0 Å². The number of fused-ring (bicyclic) bond motifs is 8. The van der Waals surface area contributed by atoms with Crippen LogP contribution in [-0.2, 0) is 0 Å². The summed E-state index contributed by atoms with van der Waals surface area (Å²) in [4.78, 5) is 7.57. The second-order valence-corrected chi connectivity index (χ2v) is 18.0. The van der Waals surface area contributed by atoms with Gasteiger partial charge in [0.25, 0.3) is 0 Å². The standard InChI is InChI=1S/C66H36N6/c1-69-45-23-31-63-57(35-45)55-33-41(39-67)21-29-61(55)71(63)47-25-27-53-59(37-47)65(51-19-11-9-17-49(51)43-13-5-3-6-14-43)54-28-26-48(38-60(54)66(53)52-20-12-10-18-50(52)44-15-7-4-8-16-44)72-62-30-22-42(40-68)34-56(62)58-36-46(70-2)24-32-64(58)72/h3-38H. The summed E-state index contributed by atoms with van der Waals surface area (Å²) >= 11 is 0. The van der Waals surface area contributed by atoms with E-state index in [0.717, 1.165) is 121 Å². The lowest BCUT2D eigenvalue weighted by Gasteiger charge is -2.23. The van der Waals surface area contributed by atoms with Crippen molar-refractivity contribution in [2.75, 3.05) is 0 Å². The normalized spacial score (nSPS) is 11.3. The van der Waals surface area contributed by atoms with E-state index in [-0.39, 0.29) is 0 Å². The van der Waals surface area contributed by atoms with Gasteiger partial charge in [0.2, 0.25) is 0 Å². The molecule has 0 fully saturated rings. The SMILES string of the molecule is [C-]#[N+]c1ccc2c(c1)c1cc(C#N)ccc1n2-c1ccc2c(-c3ccccc3-c3ccccc3)c3cc(-n4c5ccc(C#N)cc5c5cc([N+]#[C-])ccc54)ccc3c(-c3ccccc3-c3ccccc3)c2c1. The molecule has 11 aromatic carbocycles. The van der Waals surface area contributed by atoms with E-state index in [1.807, 2.05) is 84.9 Å². The molecule has 0 radical (unpaired) electrons. The summed E-state index contributed by atoms with van der Waals surface area (Å²) in [5.41, 5.74) is 16.6. The van der Waals surface area contributed by atoms with Crippen LogP contribution in [0, 0.1) is 35.8 Å². The van der Waals surface area contributed by atoms with Crippen molar-refractivity contribution in [3.05, 3.63) is 252 Å². The molecular weight excluding hydrogens is 877 g/mol. The number of nitriles is 2. The lowest BCUT2D eigenvalue weighted by molar-refractivity contribution is 1.18. The van der Waals surface area contributed by atoms with Crippen LogP contribution in [0.15, 0.2) is 218 Å². The molecule has 0 atom stereocenters. The van der Waals surface area contributed by atoms with Crippen molar-refractivity contribution in [3.63, 3.8) is 0 Å². The molecular formula is C66H36N6. The molecule has 0 spiro atoms. The van der Waals surface area contributed by atoms with Crippen LogP contribution in [0.5, 0.6) is 0 Å². The Morgan fingerprint density at radius 1 is 0.319 bits per heavy atom. The first-order valence-corrected chi connectivity index (χ1v) is 23.6. The topological polar surface area (TPSA) is 66.2 Å². The highest BCUT2D eigenvalue weighted by atomic mass is 15.0. The van der Waals surface area contributed by atoms with E-state index in [1.165, 1.54) is 0 Å². The smallest absolute Gasteiger partial charge is 0.188 e. The zero-order valence-corrected chi connectivity index (χ0v) is 38.5. The van der Waals surface area contributed by atoms with Crippen molar-refractivity contribution in [2.24, 2.45) is 0 Å². The Morgan fingerprint density at radius 3 is 1.07 bits per heavy atom. The molecule has 13 rings (SSSR count). The van der Waals surface area contributed by atoms with Gasteiger partial charge in [0.05, 0.1) is 58.5 Å². The van der Waals surface area contributed by atoms with Gasteiger partial charge in [-0.2, -0.15) is 10.5 Å². The van der Waals surface area contributed by atoms with Crippen LogP contribution in [-0.4, -0.2) is 9.13 Å². The van der Waals surface area contributed by atoms with Gasteiger partial charge < -0.3 is 9.13 Å². The summed E-state index contributed by atoms with van der Waals surface area (Å²) in [6.07, 6.45) is 0. The van der Waals surface area contributed by atoms with Crippen molar-refractivity contribution in [2.45, 2.75) is 0 Å². The lowest BCUT2D eigenvalue weighted by Crippen LogP contribution is -1.99. The summed E-state index contributed by atoms with van der Waals surface area (Å²) in [5.74, 6) is 0. The average molecular weight is 913 g/mol. The monoisotopic (exact) mass is 912 g/mol. The second-order valence-electron chi connectivity index (χ2n) is 18.0. The molecule has 2 aromatic heterocycles. The van der Waals surface area contributed by atoms with Crippen LogP contribution in [0.25, 0.3) is 131 Å². The van der Waals surface area contributed by atoms with Crippen molar-refractivity contribution < 1.29 is 0 Å². The number of benzene rings is 11. The van der Waals surface area contributed by atoms with Gasteiger partial charge in [-0.15, -0.1) is 0 Å². The maximum atomic E-state index is 10.0. The highest BCUT2D eigenvalue weighted by molar-refractivity contribution is 6.24.